The van der Waals surface area contributed by atoms with Crippen LogP contribution in [0, 0.1) is 11.3 Å². The first-order chi connectivity index (χ1) is 9.50. The maximum absolute atomic E-state index is 11.0. The molecule has 1 aromatic heterocycles. The molecule has 2 aromatic rings. The summed E-state index contributed by atoms with van der Waals surface area (Å²) in [7, 11) is 0. The standard InChI is InChI=1S/C15H16BrN3O/c1-3-7-19-14(13(16)10-18-19)15(2,20)12-6-4-5-11(8-12)9-17/h4-6,8,10,20H,3,7H2,1-2H3. The molecular formula is C15H16BrN3O. The molecule has 0 spiro atoms. The molecule has 2 rings (SSSR count). The normalized spacial score (nSPS) is 13.8. The summed E-state index contributed by atoms with van der Waals surface area (Å²) in [4.78, 5) is 0. The fourth-order valence-electron chi connectivity index (χ4n) is 2.26. The molecular weight excluding hydrogens is 318 g/mol. The molecule has 0 aliphatic carbocycles. The van der Waals surface area contributed by atoms with Gasteiger partial charge in [-0.2, -0.15) is 10.4 Å². The number of nitrogens with zero attached hydrogens (tertiary/aromatic N) is 3. The summed E-state index contributed by atoms with van der Waals surface area (Å²) in [5.74, 6) is 0. The number of aromatic nitrogens is 2. The van der Waals surface area contributed by atoms with E-state index in [4.69, 9.17) is 5.26 Å². The Morgan fingerprint density at radius 3 is 2.90 bits per heavy atom. The van der Waals surface area contributed by atoms with Crippen LogP contribution in [-0.4, -0.2) is 14.9 Å². The van der Waals surface area contributed by atoms with E-state index in [1.807, 2.05) is 6.07 Å². The van der Waals surface area contributed by atoms with Crippen molar-refractivity contribution >= 4 is 15.9 Å². The number of aryl methyl sites for hydroxylation is 1. The average molecular weight is 334 g/mol. The van der Waals surface area contributed by atoms with Crippen LogP contribution in [0.4, 0.5) is 0 Å². The quantitative estimate of drug-likeness (QED) is 0.934. The van der Waals surface area contributed by atoms with E-state index < -0.39 is 5.60 Å². The van der Waals surface area contributed by atoms with Crippen LogP contribution < -0.4 is 0 Å². The molecule has 0 saturated carbocycles. The van der Waals surface area contributed by atoms with E-state index >= 15 is 0 Å². The highest BCUT2D eigenvalue weighted by Crippen LogP contribution is 2.34. The minimum absolute atomic E-state index is 0.528. The number of hydrogen-bond donors (Lipinski definition) is 1. The molecule has 0 saturated heterocycles. The number of rotatable bonds is 4. The Kier molecular flexibility index (Phi) is 4.26. The van der Waals surface area contributed by atoms with Crippen LogP contribution in [0.2, 0.25) is 0 Å². The Morgan fingerprint density at radius 1 is 1.50 bits per heavy atom. The average Bonchev–Trinajstić information content (AvgIpc) is 2.81. The molecule has 0 amide bonds. The minimum atomic E-state index is -1.21. The molecule has 0 fully saturated rings. The lowest BCUT2D eigenvalue weighted by molar-refractivity contribution is 0.0906. The van der Waals surface area contributed by atoms with Crippen molar-refractivity contribution in [1.29, 1.82) is 5.26 Å². The molecule has 0 aliphatic rings. The van der Waals surface area contributed by atoms with Crippen molar-refractivity contribution in [3.63, 3.8) is 0 Å². The van der Waals surface area contributed by atoms with Crippen LogP contribution in [0.3, 0.4) is 0 Å². The Hall–Kier alpha value is -1.64. The third-order valence-corrected chi connectivity index (χ3v) is 3.83. The van der Waals surface area contributed by atoms with Crippen LogP contribution in [0.5, 0.6) is 0 Å². The van der Waals surface area contributed by atoms with Gasteiger partial charge in [0.15, 0.2) is 0 Å². The molecule has 5 heteroatoms. The van der Waals surface area contributed by atoms with Gasteiger partial charge in [-0.1, -0.05) is 19.1 Å². The lowest BCUT2D eigenvalue weighted by atomic mass is 9.91. The summed E-state index contributed by atoms with van der Waals surface area (Å²) in [6.07, 6.45) is 2.61. The van der Waals surface area contributed by atoms with Gasteiger partial charge in [-0.3, -0.25) is 4.68 Å². The Balaban J connectivity index is 2.54. The van der Waals surface area contributed by atoms with Crippen molar-refractivity contribution in [2.75, 3.05) is 0 Å². The second kappa shape index (κ2) is 5.78. The van der Waals surface area contributed by atoms with Gasteiger partial charge in [0.05, 0.1) is 28.0 Å². The fourth-order valence-corrected chi connectivity index (χ4v) is 2.94. The third kappa shape index (κ3) is 2.62. The van der Waals surface area contributed by atoms with Crippen molar-refractivity contribution in [3.05, 3.63) is 51.8 Å². The van der Waals surface area contributed by atoms with Gasteiger partial charge in [-0.25, -0.2) is 0 Å². The van der Waals surface area contributed by atoms with Crippen molar-refractivity contribution in [1.82, 2.24) is 9.78 Å². The van der Waals surface area contributed by atoms with Gasteiger partial charge in [0.1, 0.15) is 5.60 Å². The zero-order chi connectivity index (χ0) is 14.8. The van der Waals surface area contributed by atoms with Crippen LogP contribution in [0.1, 0.15) is 37.1 Å². The lowest BCUT2D eigenvalue weighted by Gasteiger charge is -2.26. The molecule has 1 aromatic carbocycles. The van der Waals surface area contributed by atoms with Gasteiger partial charge >= 0.3 is 0 Å². The summed E-state index contributed by atoms with van der Waals surface area (Å²) in [6, 6.07) is 9.11. The summed E-state index contributed by atoms with van der Waals surface area (Å²) in [6.45, 7) is 4.51. The van der Waals surface area contributed by atoms with Crippen molar-refractivity contribution < 1.29 is 5.11 Å². The van der Waals surface area contributed by atoms with E-state index in [1.54, 1.807) is 36.0 Å². The van der Waals surface area contributed by atoms with Crippen LogP contribution >= 0.6 is 15.9 Å². The highest BCUT2D eigenvalue weighted by molar-refractivity contribution is 9.10. The van der Waals surface area contributed by atoms with E-state index in [2.05, 4.69) is 34.0 Å². The number of nitriles is 1. The summed E-state index contributed by atoms with van der Waals surface area (Å²) >= 11 is 3.45. The Morgan fingerprint density at radius 2 is 2.25 bits per heavy atom. The smallest absolute Gasteiger partial charge is 0.129 e. The maximum Gasteiger partial charge on any atom is 0.129 e. The molecule has 0 aliphatic heterocycles. The van der Waals surface area contributed by atoms with Crippen molar-refractivity contribution in [2.24, 2.45) is 0 Å². The third-order valence-electron chi connectivity index (χ3n) is 3.25. The summed E-state index contributed by atoms with van der Waals surface area (Å²) in [5, 5.41) is 24.2. The van der Waals surface area contributed by atoms with E-state index in [0.717, 1.165) is 17.4 Å². The van der Waals surface area contributed by atoms with E-state index in [0.29, 0.717) is 16.8 Å². The molecule has 4 nitrogen and oxygen atoms in total. The second-order valence-corrected chi connectivity index (χ2v) is 5.68. The highest BCUT2D eigenvalue weighted by Gasteiger charge is 2.32. The SMILES string of the molecule is CCCn1ncc(Br)c1C(C)(O)c1cccc(C#N)c1. The zero-order valence-corrected chi connectivity index (χ0v) is 13.1. The molecule has 1 unspecified atom stereocenters. The first kappa shape index (κ1) is 14.8. The Labute approximate surface area is 126 Å². The van der Waals surface area contributed by atoms with Crippen molar-refractivity contribution in [2.45, 2.75) is 32.4 Å². The van der Waals surface area contributed by atoms with E-state index in [-0.39, 0.29) is 0 Å². The second-order valence-electron chi connectivity index (χ2n) is 4.83. The molecule has 1 N–H and O–H groups in total. The summed E-state index contributed by atoms with van der Waals surface area (Å²) < 4.78 is 2.56. The predicted molar refractivity (Wildman–Crippen MR) is 80.0 cm³/mol. The first-order valence-electron chi connectivity index (χ1n) is 6.45. The fraction of sp³-hybridized carbons (Fsp3) is 0.333. The Bertz CT molecular complexity index is 655. The van der Waals surface area contributed by atoms with Crippen LogP contribution in [0.15, 0.2) is 34.9 Å². The number of hydrogen-bond acceptors (Lipinski definition) is 3. The molecule has 1 atom stereocenters. The molecule has 0 bridgehead atoms. The highest BCUT2D eigenvalue weighted by atomic mass is 79.9. The van der Waals surface area contributed by atoms with Crippen molar-refractivity contribution in [3.8, 4) is 6.07 Å². The van der Waals surface area contributed by atoms with Gasteiger partial charge in [-0.15, -0.1) is 0 Å². The van der Waals surface area contributed by atoms with E-state index in [1.165, 1.54) is 0 Å². The van der Waals surface area contributed by atoms with Gasteiger partial charge in [0, 0.05) is 6.54 Å². The monoisotopic (exact) mass is 333 g/mol. The zero-order valence-electron chi connectivity index (χ0n) is 11.5. The van der Waals surface area contributed by atoms with Crippen LogP contribution in [0.25, 0.3) is 0 Å². The predicted octanol–water partition coefficient (Wildman–Crippen LogP) is 3.18. The summed E-state index contributed by atoms with van der Waals surface area (Å²) in [5.41, 5.74) is 0.696. The largest absolute Gasteiger partial charge is 0.379 e. The van der Waals surface area contributed by atoms with Gasteiger partial charge in [0.2, 0.25) is 0 Å². The molecule has 20 heavy (non-hydrogen) atoms. The van der Waals surface area contributed by atoms with Gasteiger partial charge < -0.3 is 5.11 Å². The number of benzene rings is 1. The molecule has 0 radical (unpaired) electrons. The number of aliphatic hydroxyl groups is 1. The van der Waals surface area contributed by atoms with Gasteiger partial charge in [-0.05, 0) is 47.0 Å². The van der Waals surface area contributed by atoms with E-state index in [9.17, 15) is 5.11 Å². The topological polar surface area (TPSA) is 61.8 Å². The maximum atomic E-state index is 11.0. The molecule has 104 valence electrons. The first-order valence-corrected chi connectivity index (χ1v) is 7.24. The van der Waals surface area contributed by atoms with Gasteiger partial charge in [0.25, 0.3) is 0 Å². The minimum Gasteiger partial charge on any atom is -0.379 e. The number of halogens is 1. The van der Waals surface area contributed by atoms with Crippen LogP contribution in [-0.2, 0) is 12.1 Å². The molecule has 1 heterocycles. The lowest BCUT2D eigenvalue weighted by Crippen LogP contribution is -2.27.